The van der Waals surface area contributed by atoms with Gasteiger partial charge in [0.1, 0.15) is 30.2 Å². The molecule has 3 fully saturated rings. The van der Waals surface area contributed by atoms with Crippen molar-refractivity contribution in [3.63, 3.8) is 0 Å². The minimum Gasteiger partial charge on any atom is -0.507 e. The number of phenols is 1. The van der Waals surface area contributed by atoms with Crippen LogP contribution in [-0.4, -0.2) is 78.3 Å². The number of hydrogen-bond donors (Lipinski definition) is 3. The summed E-state index contributed by atoms with van der Waals surface area (Å²) in [5.41, 5.74) is 3.80. The van der Waals surface area contributed by atoms with Gasteiger partial charge >= 0.3 is 5.97 Å². The zero-order valence-electron chi connectivity index (χ0n) is 22.3. The van der Waals surface area contributed by atoms with Crippen molar-refractivity contribution in [2.75, 3.05) is 20.0 Å². The first kappa shape index (κ1) is 26.0. The summed E-state index contributed by atoms with van der Waals surface area (Å²) >= 11 is 0. The average Bonchev–Trinajstić information content (AvgIpc) is 3.55. The van der Waals surface area contributed by atoms with Crippen LogP contribution in [0, 0.1) is 25.7 Å². The molecule has 0 aromatic heterocycles. The van der Waals surface area contributed by atoms with Crippen molar-refractivity contribution in [3.05, 3.63) is 52.1 Å². The molecule has 2 unspecified atom stereocenters. The van der Waals surface area contributed by atoms with Gasteiger partial charge in [0.25, 0.3) is 0 Å². The first-order valence-corrected chi connectivity index (χ1v) is 13.6. The third-order valence-electron chi connectivity index (χ3n) is 8.76. The zero-order valence-corrected chi connectivity index (χ0v) is 22.3. The van der Waals surface area contributed by atoms with E-state index in [1.54, 1.807) is 6.92 Å². The van der Waals surface area contributed by atoms with E-state index in [9.17, 15) is 20.1 Å². The summed E-state index contributed by atoms with van der Waals surface area (Å²) in [6.07, 6.45) is -6.56. The Morgan fingerprint density at radius 2 is 1.60 bits per heavy atom. The molecule has 4 heterocycles. The van der Waals surface area contributed by atoms with Gasteiger partial charge in [0.2, 0.25) is 6.79 Å². The molecule has 214 valence electrons. The molecule has 10 atom stereocenters. The van der Waals surface area contributed by atoms with Gasteiger partial charge in [0.15, 0.2) is 24.1 Å². The Balaban J connectivity index is 1.31. The second-order valence-electron chi connectivity index (χ2n) is 11.2. The van der Waals surface area contributed by atoms with Crippen LogP contribution in [0.3, 0.4) is 0 Å². The minimum atomic E-state index is -1.40. The molecule has 3 saturated heterocycles. The monoisotopic (exact) mass is 556 g/mol. The van der Waals surface area contributed by atoms with E-state index in [1.165, 1.54) is 0 Å². The van der Waals surface area contributed by atoms with Gasteiger partial charge in [-0.25, -0.2) is 0 Å². The van der Waals surface area contributed by atoms with Crippen LogP contribution in [0.4, 0.5) is 0 Å². The number of esters is 1. The summed E-state index contributed by atoms with van der Waals surface area (Å²) < 4.78 is 40.7. The maximum atomic E-state index is 13.3. The van der Waals surface area contributed by atoms with Gasteiger partial charge in [0, 0.05) is 11.8 Å². The number of hydrogen-bond acceptors (Lipinski definition) is 11. The largest absolute Gasteiger partial charge is 0.507 e. The van der Waals surface area contributed by atoms with Gasteiger partial charge in [-0.05, 0) is 60.7 Å². The lowest BCUT2D eigenvalue weighted by molar-refractivity contribution is -0.364. The fraction of sp³-hybridized carbons (Fsp3) is 0.552. The Labute approximate surface area is 230 Å². The predicted octanol–water partition coefficient (Wildman–Crippen LogP) is 1.94. The summed E-state index contributed by atoms with van der Waals surface area (Å²) in [4.78, 5) is 13.3. The lowest BCUT2D eigenvalue weighted by Gasteiger charge is -2.47. The molecular weight excluding hydrogens is 524 g/mol. The SMILES string of the molecule is Cc1cc([C@@H]2c3cc4c(cc3[C@@H](O[C@@H]3O[C@@H]5COC(C)OC5[C@H](O)[C@H]3O)[C@H]3COC(=O)[C@H]23)OCO4)cc(C)c1O. The predicted molar refractivity (Wildman–Crippen MR) is 135 cm³/mol. The highest BCUT2D eigenvalue weighted by atomic mass is 16.8. The third-order valence-corrected chi connectivity index (χ3v) is 8.76. The number of carbonyl (C=O) groups excluding carboxylic acids is 1. The Bertz CT molecular complexity index is 1320. The summed E-state index contributed by atoms with van der Waals surface area (Å²) in [6.45, 7) is 5.71. The normalized spacial score (nSPS) is 37.9. The van der Waals surface area contributed by atoms with Crippen molar-refractivity contribution in [2.24, 2.45) is 11.8 Å². The van der Waals surface area contributed by atoms with Crippen LogP contribution < -0.4 is 9.47 Å². The highest BCUT2D eigenvalue weighted by Gasteiger charge is 2.56. The molecule has 1 aliphatic carbocycles. The van der Waals surface area contributed by atoms with Crippen LogP contribution in [0.2, 0.25) is 0 Å². The summed E-state index contributed by atoms with van der Waals surface area (Å²) in [6, 6.07) is 7.49. The van der Waals surface area contributed by atoms with Crippen molar-refractivity contribution < 1.29 is 53.3 Å². The van der Waals surface area contributed by atoms with Crippen molar-refractivity contribution >= 4 is 5.97 Å². The van der Waals surface area contributed by atoms with Crippen molar-refractivity contribution in [2.45, 2.75) is 69.8 Å². The Morgan fingerprint density at radius 3 is 2.33 bits per heavy atom. The van der Waals surface area contributed by atoms with E-state index in [1.807, 2.05) is 38.1 Å². The van der Waals surface area contributed by atoms with Gasteiger partial charge < -0.3 is 48.5 Å². The van der Waals surface area contributed by atoms with Crippen molar-refractivity contribution in [1.82, 2.24) is 0 Å². The molecule has 0 amide bonds. The first-order chi connectivity index (χ1) is 19.2. The number of ether oxygens (including phenoxy) is 7. The molecule has 11 heteroatoms. The fourth-order valence-electron chi connectivity index (χ4n) is 6.81. The molecule has 2 aromatic carbocycles. The third kappa shape index (κ3) is 3.99. The number of phenolic OH excluding ortho intramolecular Hbond substituents is 1. The van der Waals surface area contributed by atoms with Crippen LogP contribution in [0.1, 0.15) is 46.8 Å². The van der Waals surface area contributed by atoms with Crippen LogP contribution >= 0.6 is 0 Å². The molecule has 11 nitrogen and oxygen atoms in total. The molecule has 0 radical (unpaired) electrons. The number of aliphatic hydroxyl groups excluding tert-OH is 2. The fourth-order valence-corrected chi connectivity index (χ4v) is 6.81. The average molecular weight is 557 g/mol. The standard InChI is InChI=1S/C29H32O11/c1-11-4-14(5-12(2)23(11)30)21-15-6-18-19(37-10-36-18)7-16(15)26(17-8-35-28(33)22(17)21)40-29-25(32)24(31)27-20(39-29)9-34-13(3)38-27/h4-7,13,17,20-22,24-27,29-32H,8-10H2,1-3H3/t13?,17-,20+,21+,22-,24+,25+,26+,27?,29-/m0/s1. The summed E-state index contributed by atoms with van der Waals surface area (Å²) in [5.74, 6) is -0.494. The Hall–Kier alpha value is -2.93. The van der Waals surface area contributed by atoms with E-state index in [0.29, 0.717) is 22.6 Å². The maximum Gasteiger partial charge on any atom is 0.310 e. The second-order valence-corrected chi connectivity index (χ2v) is 11.2. The molecule has 7 rings (SSSR count). The summed E-state index contributed by atoms with van der Waals surface area (Å²) in [5, 5.41) is 32.3. The van der Waals surface area contributed by atoms with E-state index in [2.05, 4.69) is 0 Å². The van der Waals surface area contributed by atoms with E-state index in [0.717, 1.165) is 16.7 Å². The highest BCUT2D eigenvalue weighted by molar-refractivity contribution is 5.78. The van der Waals surface area contributed by atoms with E-state index in [-0.39, 0.29) is 31.7 Å². The van der Waals surface area contributed by atoms with Crippen LogP contribution in [-0.2, 0) is 28.5 Å². The van der Waals surface area contributed by atoms with Crippen LogP contribution in [0.5, 0.6) is 17.2 Å². The number of aliphatic hydroxyl groups is 2. The molecule has 4 aliphatic heterocycles. The number of cyclic esters (lactones) is 1. The van der Waals surface area contributed by atoms with Gasteiger partial charge in [0.05, 0.1) is 25.2 Å². The lowest BCUT2D eigenvalue weighted by Crippen LogP contribution is -2.63. The topological polar surface area (TPSA) is 142 Å². The lowest BCUT2D eigenvalue weighted by atomic mass is 9.66. The number of fused-ring (bicyclic) bond motifs is 4. The molecular formula is C29H32O11. The molecule has 5 aliphatic rings. The molecule has 40 heavy (non-hydrogen) atoms. The van der Waals surface area contributed by atoms with E-state index in [4.69, 9.17) is 33.2 Å². The van der Waals surface area contributed by atoms with Gasteiger partial charge in [-0.15, -0.1) is 0 Å². The molecule has 0 saturated carbocycles. The molecule has 3 N–H and O–H groups in total. The number of carbonyl (C=O) groups is 1. The molecule has 0 bridgehead atoms. The van der Waals surface area contributed by atoms with Crippen LogP contribution in [0.25, 0.3) is 0 Å². The number of rotatable bonds is 3. The van der Waals surface area contributed by atoms with Gasteiger partial charge in [-0.1, -0.05) is 12.1 Å². The number of aryl methyl sites for hydroxylation is 2. The Kier molecular flexibility index (Phi) is 6.22. The second kappa shape index (κ2) is 9.57. The van der Waals surface area contributed by atoms with Crippen LogP contribution in [0.15, 0.2) is 24.3 Å². The van der Waals surface area contributed by atoms with E-state index < -0.39 is 60.9 Å². The Morgan fingerprint density at radius 1 is 0.900 bits per heavy atom. The zero-order chi connectivity index (χ0) is 27.9. The number of aromatic hydroxyl groups is 1. The first-order valence-electron chi connectivity index (χ1n) is 13.6. The minimum absolute atomic E-state index is 0.0683. The molecule has 2 aromatic rings. The quantitative estimate of drug-likeness (QED) is 0.478. The van der Waals surface area contributed by atoms with Gasteiger partial charge in [-0.2, -0.15) is 0 Å². The summed E-state index contributed by atoms with van der Waals surface area (Å²) in [7, 11) is 0. The highest BCUT2D eigenvalue weighted by Crippen LogP contribution is 2.56. The van der Waals surface area contributed by atoms with Crippen molar-refractivity contribution in [1.29, 1.82) is 0 Å². The number of benzene rings is 2. The molecule has 0 spiro atoms. The smallest absolute Gasteiger partial charge is 0.310 e. The van der Waals surface area contributed by atoms with Gasteiger partial charge in [-0.3, -0.25) is 4.79 Å². The van der Waals surface area contributed by atoms with Crippen molar-refractivity contribution in [3.8, 4) is 17.2 Å². The van der Waals surface area contributed by atoms with E-state index >= 15 is 0 Å². The maximum absolute atomic E-state index is 13.3.